The summed E-state index contributed by atoms with van der Waals surface area (Å²) in [7, 11) is -1.18. The molecule has 10 heteroatoms. The molecule has 1 amide bonds. The Morgan fingerprint density at radius 2 is 2.06 bits per heavy atom. The van der Waals surface area contributed by atoms with Crippen molar-refractivity contribution in [1.29, 1.82) is 0 Å². The fraction of sp³-hybridized carbons (Fsp3) is 0.308. The maximum absolute atomic E-state index is 11.6. The number of benzene rings is 1. The third-order valence-electron chi connectivity index (χ3n) is 5.55. The van der Waals surface area contributed by atoms with Gasteiger partial charge in [-0.3, -0.25) is 9.48 Å². The Hall–Kier alpha value is -3.76. The molecular weight excluding hydrogens is 472 g/mol. The number of hydrogen-bond acceptors (Lipinski definition) is 6. The lowest BCUT2D eigenvalue weighted by atomic mass is 10.2. The Bertz CT molecular complexity index is 1370. The molecule has 0 atom stereocenters. The maximum atomic E-state index is 11.6. The second-order valence-corrected chi connectivity index (χ2v) is 15.3. The Morgan fingerprint density at radius 1 is 1.22 bits per heavy atom. The quantitative estimate of drug-likeness (QED) is 0.164. The van der Waals surface area contributed by atoms with E-state index in [1.54, 1.807) is 30.5 Å². The number of nitrogens with zero attached hydrogens (tertiary/aromatic N) is 5. The summed E-state index contributed by atoms with van der Waals surface area (Å²) < 4.78 is 15.8. The van der Waals surface area contributed by atoms with Crippen molar-refractivity contribution in [1.82, 2.24) is 24.3 Å². The van der Waals surface area contributed by atoms with Gasteiger partial charge in [-0.25, -0.2) is 9.97 Å². The van der Waals surface area contributed by atoms with Gasteiger partial charge in [-0.2, -0.15) is 5.10 Å². The molecule has 4 rings (SSSR count). The molecule has 0 saturated carbocycles. The molecule has 3 heterocycles. The molecule has 0 aliphatic heterocycles. The SMILES string of the molecule is C=CC(=O)Nc1cccc(Oc2cnc3c(n2)c(-c2cnn(CC)c2)cn3COCC[Si](C)(C)C)c1. The first-order valence-corrected chi connectivity index (χ1v) is 15.6. The number of rotatable bonds is 11. The summed E-state index contributed by atoms with van der Waals surface area (Å²) in [5, 5.41) is 7.15. The van der Waals surface area contributed by atoms with E-state index in [2.05, 4.69) is 41.6 Å². The van der Waals surface area contributed by atoms with Gasteiger partial charge in [0, 0.05) is 56.5 Å². The van der Waals surface area contributed by atoms with E-state index >= 15 is 0 Å². The summed E-state index contributed by atoms with van der Waals surface area (Å²) >= 11 is 0. The first kappa shape index (κ1) is 25.3. The van der Waals surface area contributed by atoms with Crippen LogP contribution in [0.2, 0.25) is 25.7 Å². The summed E-state index contributed by atoms with van der Waals surface area (Å²) in [6.07, 6.45) is 8.64. The van der Waals surface area contributed by atoms with Crippen LogP contribution >= 0.6 is 0 Å². The van der Waals surface area contributed by atoms with Crippen molar-refractivity contribution >= 4 is 30.8 Å². The molecule has 1 aromatic carbocycles. The van der Waals surface area contributed by atoms with Crippen LogP contribution in [-0.2, 0) is 22.8 Å². The number of anilines is 1. The number of amides is 1. The molecule has 4 aromatic rings. The first-order chi connectivity index (χ1) is 17.3. The number of hydrogen-bond donors (Lipinski definition) is 1. The zero-order valence-corrected chi connectivity index (χ0v) is 22.2. The molecule has 0 saturated heterocycles. The smallest absolute Gasteiger partial charge is 0.247 e. The predicted octanol–water partition coefficient (Wildman–Crippen LogP) is 5.54. The van der Waals surface area contributed by atoms with Crippen molar-refractivity contribution in [2.45, 2.75) is 45.9 Å². The highest BCUT2D eigenvalue weighted by atomic mass is 28.3. The lowest BCUT2D eigenvalue weighted by molar-refractivity contribution is -0.111. The van der Waals surface area contributed by atoms with Crippen LogP contribution in [0, 0.1) is 0 Å². The van der Waals surface area contributed by atoms with Crippen molar-refractivity contribution in [2.75, 3.05) is 11.9 Å². The van der Waals surface area contributed by atoms with E-state index in [9.17, 15) is 4.79 Å². The van der Waals surface area contributed by atoms with Gasteiger partial charge in [0.05, 0.1) is 12.4 Å². The first-order valence-electron chi connectivity index (χ1n) is 11.9. The molecule has 188 valence electrons. The second kappa shape index (κ2) is 10.9. The number of carbonyl (C=O) groups excluding carboxylic acids is 1. The Morgan fingerprint density at radius 3 is 2.78 bits per heavy atom. The van der Waals surface area contributed by atoms with E-state index in [4.69, 9.17) is 14.5 Å². The van der Waals surface area contributed by atoms with E-state index in [0.29, 0.717) is 41.8 Å². The topological polar surface area (TPSA) is 96.1 Å². The minimum absolute atomic E-state index is 0.293. The third-order valence-corrected chi connectivity index (χ3v) is 7.25. The van der Waals surface area contributed by atoms with Gasteiger partial charge in [0.25, 0.3) is 0 Å². The normalized spacial score (nSPS) is 11.6. The number of aryl methyl sites for hydroxylation is 1. The highest BCUT2D eigenvalue weighted by Crippen LogP contribution is 2.31. The molecule has 0 aliphatic carbocycles. The van der Waals surface area contributed by atoms with E-state index in [1.165, 1.54) is 6.08 Å². The van der Waals surface area contributed by atoms with Crippen LogP contribution < -0.4 is 10.1 Å². The fourth-order valence-electron chi connectivity index (χ4n) is 3.56. The van der Waals surface area contributed by atoms with Crippen LogP contribution in [-0.4, -0.2) is 44.9 Å². The molecular formula is C26H32N6O3Si. The van der Waals surface area contributed by atoms with Crippen LogP contribution in [0.15, 0.2) is 61.7 Å². The van der Waals surface area contributed by atoms with Crippen LogP contribution in [0.3, 0.4) is 0 Å². The van der Waals surface area contributed by atoms with Crippen molar-refractivity contribution in [3.8, 4) is 22.8 Å². The largest absolute Gasteiger partial charge is 0.437 e. The van der Waals surface area contributed by atoms with E-state index < -0.39 is 8.07 Å². The Balaban J connectivity index is 1.63. The molecule has 0 fully saturated rings. The summed E-state index contributed by atoms with van der Waals surface area (Å²) in [5.74, 6) is 0.579. The van der Waals surface area contributed by atoms with E-state index in [-0.39, 0.29) is 5.91 Å². The zero-order valence-electron chi connectivity index (χ0n) is 21.2. The number of fused-ring (bicyclic) bond motifs is 1. The molecule has 3 aromatic heterocycles. The fourth-order valence-corrected chi connectivity index (χ4v) is 4.32. The molecule has 1 N–H and O–H groups in total. The average molecular weight is 505 g/mol. The molecule has 36 heavy (non-hydrogen) atoms. The summed E-state index contributed by atoms with van der Waals surface area (Å²) in [6.45, 7) is 14.4. The number of aromatic nitrogens is 5. The van der Waals surface area contributed by atoms with Gasteiger partial charge in [-0.05, 0) is 31.2 Å². The van der Waals surface area contributed by atoms with Crippen molar-refractivity contribution < 1.29 is 14.3 Å². The predicted molar refractivity (Wildman–Crippen MR) is 144 cm³/mol. The summed E-state index contributed by atoms with van der Waals surface area (Å²) in [5.41, 5.74) is 3.86. The van der Waals surface area contributed by atoms with Crippen LogP contribution in [0.4, 0.5) is 5.69 Å². The molecule has 9 nitrogen and oxygen atoms in total. The number of carbonyl (C=O) groups is 1. The number of ether oxygens (including phenoxy) is 2. The van der Waals surface area contributed by atoms with Gasteiger partial charge in [-0.1, -0.05) is 32.3 Å². The van der Waals surface area contributed by atoms with Gasteiger partial charge in [0.15, 0.2) is 5.65 Å². The Kier molecular flexibility index (Phi) is 7.66. The monoisotopic (exact) mass is 504 g/mol. The molecule has 0 aliphatic rings. The Labute approximate surface area is 211 Å². The van der Waals surface area contributed by atoms with Gasteiger partial charge in [0.2, 0.25) is 11.8 Å². The highest BCUT2D eigenvalue weighted by molar-refractivity contribution is 6.76. The molecule has 0 bridgehead atoms. The van der Waals surface area contributed by atoms with Crippen LogP contribution in [0.1, 0.15) is 6.92 Å². The summed E-state index contributed by atoms with van der Waals surface area (Å²) in [6, 6.07) is 8.17. The lowest BCUT2D eigenvalue weighted by Gasteiger charge is -2.15. The van der Waals surface area contributed by atoms with E-state index in [1.807, 2.05) is 34.8 Å². The standard InChI is InChI=1S/C26H32N6O3Si/c1-6-23(33)29-20-9-8-10-21(13-20)35-24-15-27-26-25(30-24)22(19-14-28-32(7-2)16-19)17-31(26)18-34-11-12-36(3,4)5/h6,8-10,13-17H,1,7,11-12,18H2,2-5H3,(H,29,33). The average Bonchev–Trinajstić information content (AvgIpc) is 3.46. The number of nitrogens with one attached hydrogen (secondary N) is 1. The zero-order chi connectivity index (χ0) is 25.7. The van der Waals surface area contributed by atoms with Crippen LogP contribution in [0.5, 0.6) is 11.6 Å². The van der Waals surface area contributed by atoms with Gasteiger partial charge >= 0.3 is 0 Å². The molecule has 0 spiro atoms. The van der Waals surface area contributed by atoms with Crippen molar-refractivity contribution in [3.63, 3.8) is 0 Å². The van der Waals surface area contributed by atoms with Gasteiger partial charge in [0.1, 0.15) is 18.0 Å². The van der Waals surface area contributed by atoms with E-state index in [0.717, 1.165) is 23.7 Å². The minimum Gasteiger partial charge on any atom is -0.437 e. The summed E-state index contributed by atoms with van der Waals surface area (Å²) in [4.78, 5) is 21.1. The molecule has 0 unspecified atom stereocenters. The minimum atomic E-state index is -1.18. The van der Waals surface area contributed by atoms with Gasteiger partial charge in [-0.15, -0.1) is 0 Å². The highest BCUT2D eigenvalue weighted by Gasteiger charge is 2.17. The lowest BCUT2D eigenvalue weighted by Crippen LogP contribution is -2.22. The van der Waals surface area contributed by atoms with Gasteiger partial charge < -0.3 is 19.4 Å². The van der Waals surface area contributed by atoms with Crippen molar-refractivity contribution in [2.24, 2.45) is 0 Å². The maximum Gasteiger partial charge on any atom is 0.247 e. The second-order valence-electron chi connectivity index (χ2n) is 9.65. The molecule has 0 radical (unpaired) electrons. The van der Waals surface area contributed by atoms with Crippen LogP contribution in [0.25, 0.3) is 22.3 Å². The van der Waals surface area contributed by atoms with Crippen molar-refractivity contribution in [3.05, 3.63) is 61.7 Å². The third kappa shape index (κ3) is 6.26.